The molecule has 0 radical (unpaired) electrons. The van der Waals surface area contributed by atoms with Crippen molar-refractivity contribution in [3.05, 3.63) is 12.7 Å². The van der Waals surface area contributed by atoms with E-state index in [9.17, 15) is 19.5 Å². The molecule has 8 nitrogen and oxygen atoms in total. The van der Waals surface area contributed by atoms with Gasteiger partial charge in [-0.2, -0.15) is 0 Å². The van der Waals surface area contributed by atoms with Crippen molar-refractivity contribution in [1.82, 2.24) is 9.80 Å². The number of hydrogen-bond acceptors (Lipinski definition) is 6. The first-order valence-electron chi connectivity index (χ1n) is 12.5. The quantitative estimate of drug-likeness (QED) is 0.351. The van der Waals surface area contributed by atoms with Crippen molar-refractivity contribution in [2.75, 3.05) is 26.3 Å². The zero-order valence-electron chi connectivity index (χ0n) is 20.5. The van der Waals surface area contributed by atoms with E-state index in [0.717, 1.165) is 19.3 Å². The molecule has 2 bridgehead atoms. The summed E-state index contributed by atoms with van der Waals surface area (Å²) in [5.74, 6) is -2.40. The Morgan fingerprint density at radius 2 is 2.12 bits per heavy atom. The van der Waals surface area contributed by atoms with E-state index in [-0.39, 0.29) is 30.9 Å². The Hall–Kier alpha value is -1.93. The number of unbranched alkanes of at least 4 members (excludes halogenated alkanes) is 1. The molecule has 3 aliphatic heterocycles. The second kappa shape index (κ2) is 10.6. The van der Waals surface area contributed by atoms with Crippen LogP contribution in [-0.2, 0) is 23.9 Å². The fourth-order valence-corrected chi connectivity index (χ4v) is 6.02. The molecule has 3 rings (SSSR count). The molecule has 3 saturated heterocycles. The third-order valence-corrected chi connectivity index (χ3v) is 7.82. The Morgan fingerprint density at radius 1 is 1.39 bits per heavy atom. The number of fused-ring (bicyclic) bond motifs is 1. The van der Waals surface area contributed by atoms with Crippen LogP contribution in [0.1, 0.15) is 59.8 Å². The molecule has 3 fully saturated rings. The SMILES string of the molecule is C=CCN(CCCC)C(=O)C1N([C@@H](CO)[C@@H](C)CC)C(=O)[C@@H]2[C@H](C(=O)OCC)[C@@H]3CCC12O3. The molecule has 33 heavy (non-hydrogen) atoms. The average Bonchev–Trinajstić information content (AvgIpc) is 3.44. The second-order valence-corrected chi connectivity index (χ2v) is 9.62. The first-order valence-corrected chi connectivity index (χ1v) is 12.5. The Labute approximate surface area is 197 Å². The van der Waals surface area contributed by atoms with Crippen LogP contribution in [0.3, 0.4) is 0 Å². The van der Waals surface area contributed by atoms with Crippen LogP contribution in [0, 0.1) is 17.8 Å². The molecule has 3 aliphatic rings. The number of aliphatic hydroxyl groups excluding tert-OH is 1. The summed E-state index contributed by atoms with van der Waals surface area (Å²) in [6.45, 7) is 12.5. The summed E-state index contributed by atoms with van der Waals surface area (Å²) in [5, 5.41) is 10.3. The Kier molecular flexibility index (Phi) is 8.22. The number of ether oxygens (including phenoxy) is 2. The lowest BCUT2D eigenvalue weighted by Gasteiger charge is -2.41. The third kappa shape index (κ3) is 4.20. The maximum Gasteiger partial charge on any atom is 0.312 e. The third-order valence-electron chi connectivity index (χ3n) is 7.82. The van der Waals surface area contributed by atoms with Gasteiger partial charge in [-0.1, -0.05) is 39.7 Å². The molecule has 0 aromatic heterocycles. The van der Waals surface area contributed by atoms with Crippen LogP contribution in [0.5, 0.6) is 0 Å². The van der Waals surface area contributed by atoms with E-state index >= 15 is 0 Å². The fraction of sp³-hybridized carbons (Fsp3) is 0.800. The minimum absolute atomic E-state index is 0.0220. The van der Waals surface area contributed by atoms with Gasteiger partial charge < -0.3 is 24.4 Å². The minimum Gasteiger partial charge on any atom is -0.466 e. The summed E-state index contributed by atoms with van der Waals surface area (Å²) >= 11 is 0. The van der Waals surface area contributed by atoms with Gasteiger partial charge in [0.05, 0.1) is 37.2 Å². The maximum atomic E-state index is 14.1. The van der Waals surface area contributed by atoms with Crippen molar-refractivity contribution in [3.8, 4) is 0 Å². The molecule has 1 spiro atoms. The van der Waals surface area contributed by atoms with E-state index in [1.807, 2.05) is 13.8 Å². The smallest absolute Gasteiger partial charge is 0.312 e. The predicted molar refractivity (Wildman–Crippen MR) is 123 cm³/mol. The number of nitrogens with zero attached hydrogens (tertiary/aromatic N) is 2. The van der Waals surface area contributed by atoms with Gasteiger partial charge in [0.2, 0.25) is 11.8 Å². The molecule has 2 amide bonds. The zero-order valence-corrected chi connectivity index (χ0v) is 20.5. The molecule has 186 valence electrons. The molecule has 0 saturated carbocycles. The number of carbonyl (C=O) groups excluding carboxylic acids is 3. The summed E-state index contributed by atoms with van der Waals surface area (Å²) in [5.41, 5.74) is -1.07. The van der Waals surface area contributed by atoms with E-state index in [2.05, 4.69) is 13.5 Å². The minimum atomic E-state index is -1.07. The van der Waals surface area contributed by atoms with Crippen molar-refractivity contribution in [1.29, 1.82) is 0 Å². The van der Waals surface area contributed by atoms with Crippen molar-refractivity contribution >= 4 is 17.8 Å². The van der Waals surface area contributed by atoms with E-state index in [0.29, 0.717) is 25.9 Å². The highest BCUT2D eigenvalue weighted by molar-refractivity contribution is 5.98. The lowest BCUT2D eigenvalue weighted by atomic mass is 9.70. The second-order valence-electron chi connectivity index (χ2n) is 9.62. The number of esters is 1. The molecule has 0 aromatic rings. The first kappa shape index (κ1) is 25.7. The van der Waals surface area contributed by atoms with Crippen molar-refractivity contribution in [3.63, 3.8) is 0 Å². The molecule has 1 N–H and O–H groups in total. The molecule has 7 atom stereocenters. The number of amides is 2. The van der Waals surface area contributed by atoms with Gasteiger partial charge >= 0.3 is 5.97 Å². The molecule has 3 heterocycles. The van der Waals surface area contributed by atoms with E-state index < -0.39 is 41.6 Å². The van der Waals surface area contributed by atoms with Gasteiger partial charge in [-0.15, -0.1) is 6.58 Å². The number of likely N-dealkylation sites (tertiary alicyclic amines) is 1. The maximum absolute atomic E-state index is 14.1. The van der Waals surface area contributed by atoms with Crippen LogP contribution >= 0.6 is 0 Å². The van der Waals surface area contributed by atoms with Crippen LogP contribution in [0.25, 0.3) is 0 Å². The first-order chi connectivity index (χ1) is 15.8. The summed E-state index contributed by atoms with van der Waals surface area (Å²) in [6, 6.07) is -1.40. The number of rotatable bonds is 12. The van der Waals surface area contributed by atoms with Crippen molar-refractivity contribution in [2.24, 2.45) is 17.8 Å². The lowest BCUT2D eigenvalue weighted by molar-refractivity contribution is -0.157. The topological polar surface area (TPSA) is 96.4 Å². The lowest BCUT2D eigenvalue weighted by Crippen LogP contribution is -2.59. The highest BCUT2D eigenvalue weighted by Crippen LogP contribution is 2.59. The molecule has 2 unspecified atom stereocenters. The van der Waals surface area contributed by atoms with Crippen molar-refractivity contribution < 1.29 is 29.0 Å². The van der Waals surface area contributed by atoms with Crippen LogP contribution in [-0.4, -0.2) is 82.8 Å². The standard InChI is InChI=1S/C25H40N2O6/c1-6-10-14-26(13-7-2)23(30)21-25-12-11-18(33-25)19(24(31)32-9-4)20(25)22(29)27(21)17(15-28)16(5)8-3/h7,16-21,28H,2,6,8-15H2,1,3-5H3/t16-,17-,18-,19+,20-,21?,25?/m0/s1. The van der Waals surface area contributed by atoms with Crippen molar-refractivity contribution in [2.45, 2.75) is 83.6 Å². The summed E-state index contributed by atoms with van der Waals surface area (Å²) in [6.07, 6.45) is 4.91. The van der Waals surface area contributed by atoms with E-state index in [1.54, 1.807) is 22.8 Å². The Bertz CT molecular complexity index is 757. The van der Waals surface area contributed by atoms with Gasteiger partial charge in [-0.3, -0.25) is 14.4 Å². The molecule has 8 heteroatoms. The molecule has 0 aromatic carbocycles. The van der Waals surface area contributed by atoms with E-state index in [4.69, 9.17) is 9.47 Å². The number of carbonyl (C=O) groups is 3. The zero-order chi connectivity index (χ0) is 24.3. The van der Waals surface area contributed by atoms with Gasteiger partial charge in [-0.25, -0.2) is 0 Å². The monoisotopic (exact) mass is 464 g/mol. The van der Waals surface area contributed by atoms with Crippen LogP contribution in [0.2, 0.25) is 0 Å². The van der Waals surface area contributed by atoms with Gasteiger partial charge in [0, 0.05) is 13.1 Å². The van der Waals surface area contributed by atoms with Crippen LogP contribution in [0.4, 0.5) is 0 Å². The Morgan fingerprint density at radius 3 is 2.70 bits per heavy atom. The largest absolute Gasteiger partial charge is 0.466 e. The summed E-state index contributed by atoms with van der Waals surface area (Å²) in [4.78, 5) is 44.2. The van der Waals surface area contributed by atoms with Gasteiger partial charge in [0.1, 0.15) is 11.6 Å². The fourth-order valence-electron chi connectivity index (χ4n) is 6.02. The summed E-state index contributed by atoms with van der Waals surface area (Å²) < 4.78 is 11.7. The number of aliphatic hydroxyl groups is 1. The van der Waals surface area contributed by atoms with Gasteiger partial charge in [-0.05, 0) is 32.1 Å². The van der Waals surface area contributed by atoms with E-state index in [1.165, 1.54) is 0 Å². The highest BCUT2D eigenvalue weighted by atomic mass is 16.6. The van der Waals surface area contributed by atoms with Crippen LogP contribution in [0.15, 0.2) is 12.7 Å². The van der Waals surface area contributed by atoms with Crippen LogP contribution < -0.4 is 0 Å². The number of hydrogen-bond donors (Lipinski definition) is 1. The summed E-state index contributed by atoms with van der Waals surface area (Å²) in [7, 11) is 0. The normalized spacial score (nSPS) is 31.9. The predicted octanol–water partition coefficient (Wildman–Crippen LogP) is 2.15. The highest BCUT2D eigenvalue weighted by Gasteiger charge is 2.75. The molecule has 0 aliphatic carbocycles. The molecular formula is C25H40N2O6. The van der Waals surface area contributed by atoms with Gasteiger partial charge in [0.25, 0.3) is 0 Å². The molecular weight excluding hydrogens is 424 g/mol. The van der Waals surface area contributed by atoms with Gasteiger partial charge in [0.15, 0.2) is 0 Å². The Balaban J connectivity index is 2.08. The average molecular weight is 465 g/mol.